The molecule has 6 heteroatoms. The lowest BCUT2D eigenvalue weighted by molar-refractivity contribution is 0.244. The molecular weight excluding hydrogens is 336 g/mol. The summed E-state index contributed by atoms with van der Waals surface area (Å²) in [6.45, 7) is 3.65. The quantitative estimate of drug-likeness (QED) is 0.721. The third kappa shape index (κ3) is 3.72. The Morgan fingerprint density at radius 3 is 2.60 bits per heavy atom. The van der Waals surface area contributed by atoms with Gasteiger partial charge in [0.25, 0.3) is 5.56 Å². The van der Waals surface area contributed by atoms with Crippen LogP contribution in [-0.2, 0) is 19.5 Å². The highest BCUT2D eigenvalue weighted by atomic mass is 35.5. The van der Waals surface area contributed by atoms with Gasteiger partial charge in [0, 0.05) is 26.2 Å². The first-order valence-corrected chi connectivity index (χ1v) is 8.43. The second-order valence-corrected chi connectivity index (χ2v) is 6.28. The Balaban J connectivity index is 0.00000182. The lowest BCUT2D eigenvalue weighted by Crippen LogP contribution is -2.33. The van der Waals surface area contributed by atoms with E-state index in [1.807, 2.05) is 24.3 Å². The molecule has 0 bridgehead atoms. The van der Waals surface area contributed by atoms with Crippen molar-refractivity contribution in [3.63, 3.8) is 0 Å². The molecule has 0 N–H and O–H groups in total. The van der Waals surface area contributed by atoms with Gasteiger partial charge in [-0.3, -0.25) is 9.69 Å². The van der Waals surface area contributed by atoms with Gasteiger partial charge >= 0.3 is 0 Å². The lowest BCUT2D eigenvalue weighted by Gasteiger charge is -2.28. The average molecular weight is 357 g/mol. The van der Waals surface area contributed by atoms with Crippen molar-refractivity contribution in [3.8, 4) is 0 Å². The molecule has 0 unspecified atom stereocenters. The van der Waals surface area contributed by atoms with Crippen molar-refractivity contribution < 1.29 is 0 Å². The number of aryl methyl sites for hydroxylation is 1. The minimum Gasteiger partial charge on any atom is -0.299 e. The fraction of sp³-hybridized carbons (Fsp3) is 0.316. The first kappa shape index (κ1) is 17.6. The van der Waals surface area contributed by atoms with Crippen LogP contribution in [0.3, 0.4) is 0 Å². The van der Waals surface area contributed by atoms with Crippen LogP contribution in [0.5, 0.6) is 0 Å². The molecule has 0 fully saturated rings. The van der Waals surface area contributed by atoms with Gasteiger partial charge < -0.3 is 0 Å². The minimum absolute atomic E-state index is 0. The molecular formula is C19H21ClN4O. The maximum Gasteiger partial charge on any atom is 0.277 e. The van der Waals surface area contributed by atoms with Gasteiger partial charge in [0.2, 0.25) is 0 Å². The van der Waals surface area contributed by atoms with Gasteiger partial charge in [-0.05, 0) is 36.1 Å². The van der Waals surface area contributed by atoms with Crippen molar-refractivity contribution in [1.29, 1.82) is 0 Å². The molecule has 1 aliphatic heterocycles. The van der Waals surface area contributed by atoms with Crippen molar-refractivity contribution in [3.05, 3.63) is 70.0 Å². The smallest absolute Gasteiger partial charge is 0.277 e. The van der Waals surface area contributed by atoms with Gasteiger partial charge in [0.05, 0.1) is 5.39 Å². The van der Waals surface area contributed by atoms with Gasteiger partial charge in [-0.25, -0.2) is 4.68 Å². The van der Waals surface area contributed by atoms with E-state index in [4.69, 9.17) is 0 Å². The molecule has 1 aliphatic rings. The molecule has 4 rings (SSSR count). The largest absolute Gasteiger partial charge is 0.299 e. The second kappa shape index (κ2) is 7.76. The first-order valence-electron chi connectivity index (χ1n) is 8.43. The number of benzene rings is 2. The Bertz CT molecular complexity index is 924. The number of rotatable bonds is 4. The number of halogens is 1. The molecule has 25 heavy (non-hydrogen) atoms. The number of hydrogen-bond acceptors (Lipinski definition) is 4. The molecule has 5 nitrogen and oxygen atoms in total. The lowest BCUT2D eigenvalue weighted by atomic mass is 10.00. The summed E-state index contributed by atoms with van der Waals surface area (Å²) in [7, 11) is 0. The van der Waals surface area contributed by atoms with Crippen LogP contribution in [-0.4, -0.2) is 33.0 Å². The van der Waals surface area contributed by atoms with Gasteiger partial charge in [-0.15, -0.1) is 17.5 Å². The Morgan fingerprint density at radius 1 is 0.960 bits per heavy atom. The first-order chi connectivity index (χ1) is 11.8. The highest BCUT2D eigenvalue weighted by Gasteiger charge is 2.15. The van der Waals surface area contributed by atoms with Gasteiger partial charge in [-0.1, -0.05) is 41.6 Å². The van der Waals surface area contributed by atoms with Crippen LogP contribution < -0.4 is 5.56 Å². The zero-order valence-corrected chi connectivity index (χ0v) is 14.8. The summed E-state index contributed by atoms with van der Waals surface area (Å²) in [5, 5.41) is 8.84. The summed E-state index contributed by atoms with van der Waals surface area (Å²) in [6.07, 6.45) is 2.00. The topological polar surface area (TPSA) is 51.0 Å². The van der Waals surface area contributed by atoms with Crippen molar-refractivity contribution >= 4 is 23.3 Å². The molecule has 0 spiro atoms. The zero-order valence-electron chi connectivity index (χ0n) is 14.0. The van der Waals surface area contributed by atoms with E-state index >= 15 is 0 Å². The SMILES string of the molecule is Cl.O=c1c2ccccc2nnn1CCCN1CCc2ccccc2C1. The molecule has 2 aromatic carbocycles. The van der Waals surface area contributed by atoms with Gasteiger partial charge in [0.1, 0.15) is 5.52 Å². The number of hydrogen-bond donors (Lipinski definition) is 0. The monoisotopic (exact) mass is 356 g/mol. The molecule has 3 aromatic rings. The van der Waals surface area contributed by atoms with Crippen molar-refractivity contribution in [2.24, 2.45) is 0 Å². The average Bonchev–Trinajstić information content (AvgIpc) is 2.64. The van der Waals surface area contributed by atoms with E-state index < -0.39 is 0 Å². The Kier molecular flexibility index (Phi) is 5.46. The van der Waals surface area contributed by atoms with Crippen LogP contribution in [0.2, 0.25) is 0 Å². The fourth-order valence-corrected chi connectivity index (χ4v) is 3.36. The maximum atomic E-state index is 12.4. The standard InChI is InChI=1S/C19H20N4O.ClH/c24-19-17-8-3-4-9-18(17)20-21-23(19)12-5-11-22-13-10-15-6-1-2-7-16(15)14-22;/h1-4,6-9H,5,10-14H2;1H. The Labute approximate surface area is 152 Å². The van der Waals surface area contributed by atoms with Gasteiger partial charge in [0.15, 0.2) is 0 Å². The van der Waals surface area contributed by atoms with E-state index in [-0.39, 0.29) is 18.0 Å². The fourth-order valence-electron chi connectivity index (χ4n) is 3.36. The number of aromatic nitrogens is 3. The van der Waals surface area contributed by atoms with Crippen LogP contribution in [0.4, 0.5) is 0 Å². The van der Waals surface area contributed by atoms with E-state index in [1.165, 1.54) is 15.8 Å². The summed E-state index contributed by atoms with van der Waals surface area (Å²) < 4.78 is 1.49. The van der Waals surface area contributed by atoms with Crippen molar-refractivity contribution in [2.45, 2.75) is 25.9 Å². The molecule has 0 aliphatic carbocycles. The number of fused-ring (bicyclic) bond motifs is 2. The van der Waals surface area contributed by atoms with Crippen LogP contribution in [0, 0.1) is 0 Å². The Morgan fingerprint density at radius 2 is 1.72 bits per heavy atom. The van der Waals surface area contributed by atoms with Crippen LogP contribution >= 0.6 is 12.4 Å². The normalized spacial score (nSPS) is 14.1. The predicted molar refractivity (Wildman–Crippen MR) is 101 cm³/mol. The summed E-state index contributed by atoms with van der Waals surface area (Å²) in [5.41, 5.74) is 3.49. The number of nitrogens with zero attached hydrogens (tertiary/aromatic N) is 4. The Hall–Kier alpha value is -2.24. The van der Waals surface area contributed by atoms with E-state index in [9.17, 15) is 4.79 Å². The molecule has 0 saturated heterocycles. The predicted octanol–water partition coefficient (Wildman–Crippen LogP) is 2.66. The van der Waals surface area contributed by atoms with Gasteiger partial charge in [-0.2, -0.15) is 0 Å². The summed E-state index contributed by atoms with van der Waals surface area (Å²) >= 11 is 0. The minimum atomic E-state index is -0.0513. The van der Waals surface area contributed by atoms with Crippen LogP contribution in [0.15, 0.2) is 53.3 Å². The van der Waals surface area contributed by atoms with E-state index in [0.717, 1.165) is 32.5 Å². The third-order valence-corrected chi connectivity index (χ3v) is 4.68. The second-order valence-electron chi connectivity index (χ2n) is 6.28. The molecule has 2 heterocycles. The van der Waals surface area contributed by atoms with Crippen LogP contribution in [0.25, 0.3) is 10.9 Å². The van der Waals surface area contributed by atoms with E-state index in [2.05, 4.69) is 39.5 Å². The summed E-state index contributed by atoms with van der Waals surface area (Å²) in [5.74, 6) is 0. The highest BCUT2D eigenvalue weighted by Crippen LogP contribution is 2.18. The molecule has 0 atom stereocenters. The van der Waals surface area contributed by atoms with Crippen molar-refractivity contribution in [2.75, 3.05) is 13.1 Å². The highest BCUT2D eigenvalue weighted by molar-refractivity contribution is 5.85. The molecule has 130 valence electrons. The van der Waals surface area contributed by atoms with Crippen molar-refractivity contribution in [1.82, 2.24) is 19.9 Å². The summed E-state index contributed by atoms with van der Waals surface area (Å²) in [4.78, 5) is 14.9. The van der Waals surface area contributed by atoms with E-state index in [0.29, 0.717) is 17.4 Å². The molecule has 0 radical (unpaired) electrons. The zero-order chi connectivity index (χ0) is 16.4. The third-order valence-electron chi connectivity index (χ3n) is 4.68. The maximum absolute atomic E-state index is 12.4. The van der Waals surface area contributed by atoms with Crippen LogP contribution in [0.1, 0.15) is 17.5 Å². The molecule has 0 saturated carbocycles. The van der Waals surface area contributed by atoms with E-state index in [1.54, 1.807) is 0 Å². The molecule has 1 aromatic heterocycles. The molecule has 0 amide bonds. The summed E-state index contributed by atoms with van der Waals surface area (Å²) in [6, 6.07) is 16.0.